The lowest BCUT2D eigenvalue weighted by atomic mass is 9.90. The summed E-state index contributed by atoms with van der Waals surface area (Å²) in [6.07, 6.45) is -0.805. The Bertz CT molecular complexity index is 191. The molecule has 1 rings (SSSR count). The quantitative estimate of drug-likeness (QED) is 0.769. The lowest BCUT2D eigenvalue weighted by Gasteiger charge is -2.46. The minimum atomic E-state index is -0.594. The first-order valence-electron chi connectivity index (χ1n) is 5.78. The van der Waals surface area contributed by atoms with Crippen LogP contribution in [0.25, 0.3) is 0 Å². The molecule has 0 spiro atoms. The zero-order valence-electron chi connectivity index (χ0n) is 10.7. The lowest BCUT2D eigenvalue weighted by molar-refractivity contribution is -0.345. The van der Waals surface area contributed by atoms with Gasteiger partial charge in [-0.05, 0) is 25.7 Å². The van der Waals surface area contributed by atoms with Crippen molar-refractivity contribution >= 4 is 0 Å². The van der Waals surface area contributed by atoms with Gasteiger partial charge in [-0.15, -0.1) is 0 Å². The van der Waals surface area contributed by atoms with Gasteiger partial charge < -0.3 is 14.6 Å². The van der Waals surface area contributed by atoms with Gasteiger partial charge in [-0.3, -0.25) is 0 Å². The van der Waals surface area contributed by atoms with Gasteiger partial charge in [-0.1, -0.05) is 27.7 Å². The summed E-state index contributed by atoms with van der Waals surface area (Å²) in [6, 6.07) is 0. The van der Waals surface area contributed by atoms with E-state index in [1.165, 1.54) is 0 Å². The SMILES string of the molecule is CC(C)[C@@H]1OC(C)(C)O[C@@H](C(C)C)C1O. The average Bonchev–Trinajstić information content (AvgIpc) is 2.07. The van der Waals surface area contributed by atoms with Gasteiger partial charge in [0.1, 0.15) is 6.10 Å². The van der Waals surface area contributed by atoms with Gasteiger partial charge in [0.25, 0.3) is 0 Å². The Morgan fingerprint density at radius 2 is 1.27 bits per heavy atom. The second kappa shape index (κ2) is 4.40. The summed E-state index contributed by atoms with van der Waals surface area (Å²) < 4.78 is 11.5. The smallest absolute Gasteiger partial charge is 0.163 e. The Morgan fingerprint density at radius 1 is 0.933 bits per heavy atom. The summed E-state index contributed by atoms with van der Waals surface area (Å²) in [7, 11) is 0. The first-order valence-corrected chi connectivity index (χ1v) is 5.78. The molecule has 0 unspecified atom stereocenters. The van der Waals surface area contributed by atoms with E-state index in [2.05, 4.69) is 27.7 Å². The molecular weight excluding hydrogens is 192 g/mol. The van der Waals surface area contributed by atoms with E-state index in [-0.39, 0.29) is 12.2 Å². The van der Waals surface area contributed by atoms with Crippen LogP contribution in [0.5, 0.6) is 0 Å². The topological polar surface area (TPSA) is 38.7 Å². The van der Waals surface area contributed by atoms with Crippen molar-refractivity contribution < 1.29 is 14.6 Å². The van der Waals surface area contributed by atoms with Gasteiger partial charge in [0, 0.05) is 0 Å². The fourth-order valence-electron chi connectivity index (χ4n) is 2.07. The lowest BCUT2D eigenvalue weighted by Crippen LogP contribution is -2.57. The summed E-state index contributed by atoms with van der Waals surface area (Å²) in [5, 5.41) is 10.2. The molecule has 90 valence electrons. The van der Waals surface area contributed by atoms with Gasteiger partial charge in [0.15, 0.2) is 5.79 Å². The number of hydrogen-bond acceptors (Lipinski definition) is 3. The minimum absolute atomic E-state index is 0.138. The molecule has 1 aliphatic heterocycles. The molecular formula is C12H24O3. The highest BCUT2D eigenvalue weighted by molar-refractivity contribution is 4.88. The highest BCUT2D eigenvalue weighted by atomic mass is 16.7. The third kappa shape index (κ3) is 2.92. The molecule has 0 aromatic rings. The minimum Gasteiger partial charge on any atom is -0.388 e. The largest absolute Gasteiger partial charge is 0.388 e. The summed E-state index contributed by atoms with van der Waals surface area (Å²) in [4.78, 5) is 0. The zero-order chi connectivity index (χ0) is 11.8. The molecule has 1 N–H and O–H groups in total. The first kappa shape index (κ1) is 12.9. The van der Waals surface area contributed by atoms with Crippen LogP contribution in [0.15, 0.2) is 0 Å². The fraction of sp³-hybridized carbons (Fsp3) is 1.00. The van der Waals surface area contributed by atoms with Gasteiger partial charge in [0.2, 0.25) is 0 Å². The van der Waals surface area contributed by atoms with E-state index in [0.717, 1.165) is 0 Å². The maximum Gasteiger partial charge on any atom is 0.163 e. The van der Waals surface area contributed by atoms with Crippen LogP contribution in [0.2, 0.25) is 0 Å². The van der Waals surface area contributed by atoms with Crippen molar-refractivity contribution in [1.29, 1.82) is 0 Å². The van der Waals surface area contributed by atoms with Crippen LogP contribution in [-0.2, 0) is 9.47 Å². The fourth-order valence-corrected chi connectivity index (χ4v) is 2.07. The molecule has 15 heavy (non-hydrogen) atoms. The van der Waals surface area contributed by atoms with E-state index in [4.69, 9.17) is 9.47 Å². The molecule has 0 radical (unpaired) electrons. The molecule has 0 amide bonds. The predicted octanol–water partition coefficient (Wildman–Crippen LogP) is 2.18. The maximum absolute atomic E-state index is 10.2. The normalized spacial score (nSPS) is 36.2. The molecule has 1 aliphatic rings. The molecule has 2 atom stereocenters. The second-order valence-corrected chi connectivity index (χ2v) is 5.54. The summed E-state index contributed by atoms with van der Waals surface area (Å²) in [5.74, 6) is -0.00262. The van der Waals surface area contributed by atoms with Gasteiger partial charge in [-0.25, -0.2) is 0 Å². The van der Waals surface area contributed by atoms with Crippen molar-refractivity contribution in [2.45, 2.75) is 65.6 Å². The molecule has 1 saturated heterocycles. The summed E-state index contributed by atoms with van der Waals surface area (Å²) in [5.41, 5.74) is 0. The zero-order valence-corrected chi connectivity index (χ0v) is 10.7. The van der Waals surface area contributed by atoms with Crippen LogP contribution < -0.4 is 0 Å². The second-order valence-electron chi connectivity index (χ2n) is 5.54. The third-order valence-electron chi connectivity index (χ3n) is 2.83. The van der Waals surface area contributed by atoms with Crippen LogP contribution in [0.3, 0.4) is 0 Å². The highest BCUT2D eigenvalue weighted by Gasteiger charge is 2.44. The van der Waals surface area contributed by atoms with E-state index < -0.39 is 11.9 Å². The Kier molecular flexibility index (Phi) is 3.80. The summed E-state index contributed by atoms with van der Waals surface area (Å²) in [6.45, 7) is 12.1. The number of aliphatic hydroxyl groups is 1. The van der Waals surface area contributed by atoms with Crippen molar-refractivity contribution in [2.75, 3.05) is 0 Å². The van der Waals surface area contributed by atoms with E-state index in [1.807, 2.05) is 13.8 Å². The standard InChI is InChI=1S/C12H24O3/c1-7(2)10-9(13)11(8(3)4)15-12(5,6)14-10/h7-11,13H,1-6H3/t10-,11-/m0/s1. The molecule has 3 heteroatoms. The number of hydrogen-bond donors (Lipinski definition) is 1. The van der Waals surface area contributed by atoms with E-state index in [0.29, 0.717) is 11.8 Å². The van der Waals surface area contributed by atoms with Crippen LogP contribution in [0.1, 0.15) is 41.5 Å². The Morgan fingerprint density at radius 3 is 1.53 bits per heavy atom. The molecule has 3 nitrogen and oxygen atoms in total. The molecule has 0 aromatic heterocycles. The van der Waals surface area contributed by atoms with Gasteiger partial charge >= 0.3 is 0 Å². The molecule has 0 saturated carbocycles. The third-order valence-corrected chi connectivity index (χ3v) is 2.83. The van der Waals surface area contributed by atoms with Gasteiger partial charge in [0.05, 0.1) is 12.2 Å². The van der Waals surface area contributed by atoms with E-state index in [1.54, 1.807) is 0 Å². The first-order chi connectivity index (χ1) is 6.74. The number of aliphatic hydroxyl groups excluding tert-OH is 1. The van der Waals surface area contributed by atoms with Crippen molar-refractivity contribution in [3.8, 4) is 0 Å². The highest BCUT2D eigenvalue weighted by Crippen LogP contribution is 2.33. The number of rotatable bonds is 2. The molecule has 1 fully saturated rings. The Labute approximate surface area is 92.8 Å². The molecule has 0 bridgehead atoms. The van der Waals surface area contributed by atoms with Crippen molar-refractivity contribution in [3.05, 3.63) is 0 Å². The van der Waals surface area contributed by atoms with Crippen LogP contribution in [-0.4, -0.2) is 29.2 Å². The number of ether oxygens (including phenoxy) is 2. The maximum atomic E-state index is 10.2. The van der Waals surface area contributed by atoms with Gasteiger partial charge in [-0.2, -0.15) is 0 Å². The Hall–Kier alpha value is -0.120. The monoisotopic (exact) mass is 216 g/mol. The predicted molar refractivity (Wildman–Crippen MR) is 59.5 cm³/mol. The van der Waals surface area contributed by atoms with Crippen LogP contribution in [0.4, 0.5) is 0 Å². The van der Waals surface area contributed by atoms with Crippen LogP contribution >= 0.6 is 0 Å². The average molecular weight is 216 g/mol. The van der Waals surface area contributed by atoms with E-state index in [9.17, 15) is 5.11 Å². The summed E-state index contributed by atoms with van der Waals surface area (Å²) >= 11 is 0. The van der Waals surface area contributed by atoms with Crippen molar-refractivity contribution in [2.24, 2.45) is 11.8 Å². The van der Waals surface area contributed by atoms with Crippen molar-refractivity contribution in [3.63, 3.8) is 0 Å². The molecule has 1 heterocycles. The Balaban J connectivity index is 2.83. The van der Waals surface area contributed by atoms with Crippen molar-refractivity contribution in [1.82, 2.24) is 0 Å². The molecule has 0 aliphatic carbocycles. The van der Waals surface area contributed by atoms with Crippen LogP contribution in [0, 0.1) is 11.8 Å². The van der Waals surface area contributed by atoms with E-state index >= 15 is 0 Å². The molecule has 0 aromatic carbocycles.